The number of aliphatic hydroxyl groups excluding tert-OH is 1. The topological polar surface area (TPSA) is 115 Å². The van der Waals surface area contributed by atoms with Crippen LogP contribution in [0.1, 0.15) is 25.0 Å². The summed E-state index contributed by atoms with van der Waals surface area (Å²) < 4.78 is 4.76. The third-order valence-electron chi connectivity index (χ3n) is 5.30. The molecule has 1 aliphatic rings. The van der Waals surface area contributed by atoms with Gasteiger partial charge in [0.1, 0.15) is 0 Å². The Morgan fingerprint density at radius 3 is 2.72 bits per heavy atom. The van der Waals surface area contributed by atoms with Crippen molar-refractivity contribution in [1.82, 2.24) is 29.6 Å². The van der Waals surface area contributed by atoms with E-state index in [0.717, 1.165) is 24.2 Å². The zero-order valence-corrected chi connectivity index (χ0v) is 17.0. The monoisotopic (exact) mass is 411 g/mol. The van der Waals surface area contributed by atoms with Gasteiger partial charge in [0.15, 0.2) is 5.69 Å². The number of hydrogen-bond donors (Lipinski definition) is 1. The van der Waals surface area contributed by atoms with E-state index in [1.165, 1.54) is 16.4 Å². The van der Waals surface area contributed by atoms with Crippen molar-refractivity contribution in [3.63, 3.8) is 0 Å². The standard InChI is InChI=1S/C19H21N7O2S/c1-13-16(17(28)26(24(13)2)14-6-4-3-5-7-14)25-18(21-22-23-25)29-11-15(27)10-19(12-20)8-9-19/h3-7,15,27H,8-11H2,1-2H3. The lowest BCUT2D eigenvalue weighted by Gasteiger charge is -2.12. The molecule has 150 valence electrons. The number of aliphatic hydroxyl groups is 1. The van der Waals surface area contributed by atoms with Crippen LogP contribution < -0.4 is 5.56 Å². The SMILES string of the molecule is Cc1c(-n2nnnc2SCC(O)CC2(C#N)CC2)c(=O)n(-c2ccccc2)n1C. The first-order valence-corrected chi connectivity index (χ1v) is 10.3. The number of thioether (sulfide) groups is 1. The molecule has 29 heavy (non-hydrogen) atoms. The maximum atomic E-state index is 13.2. The Balaban J connectivity index is 1.60. The molecular weight excluding hydrogens is 390 g/mol. The summed E-state index contributed by atoms with van der Waals surface area (Å²) >= 11 is 1.27. The summed E-state index contributed by atoms with van der Waals surface area (Å²) in [6.45, 7) is 1.84. The van der Waals surface area contributed by atoms with E-state index in [2.05, 4.69) is 21.6 Å². The first kappa shape index (κ1) is 19.4. The molecule has 10 heteroatoms. The fraction of sp³-hybridized carbons (Fsp3) is 0.421. The van der Waals surface area contributed by atoms with Gasteiger partial charge in [-0.05, 0) is 48.7 Å². The molecule has 1 aliphatic carbocycles. The molecule has 1 unspecified atom stereocenters. The number of nitrogens with zero attached hydrogens (tertiary/aromatic N) is 7. The van der Waals surface area contributed by atoms with E-state index in [-0.39, 0.29) is 11.0 Å². The van der Waals surface area contributed by atoms with Gasteiger partial charge in [0.2, 0.25) is 5.16 Å². The van der Waals surface area contributed by atoms with Crippen molar-refractivity contribution in [1.29, 1.82) is 5.26 Å². The molecule has 1 atom stereocenters. The fourth-order valence-electron chi connectivity index (χ4n) is 3.40. The number of rotatable bonds is 7. The second kappa shape index (κ2) is 7.50. The van der Waals surface area contributed by atoms with Crippen LogP contribution >= 0.6 is 11.8 Å². The number of hydrogen-bond acceptors (Lipinski definition) is 7. The van der Waals surface area contributed by atoms with Crippen molar-refractivity contribution < 1.29 is 5.11 Å². The number of benzene rings is 1. The highest BCUT2D eigenvalue weighted by Crippen LogP contribution is 2.49. The van der Waals surface area contributed by atoms with Crippen LogP contribution in [0.4, 0.5) is 0 Å². The molecule has 0 bridgehead atoms. The van der Waals surface area contributed by atoms with Gasteiger partial charge in [-0.3, -0.25) is 9.48 Å². The van der Waals surface area contributed by atoms with Crippen molar-refractivity contribution in [2.24, 2.45) is 12.5 Å². The average Bonchev–Trinajstić information content (AvgIpc) is 3.27. The van der Waals surface area contributed by atoms with Crippen LogP contribution in [0, 0.1) is 23.7 Å². The maximum absolute atomic E-state index is 13.2. The molecule has 2 heterocycles. The minimum absolute atomic E-state index is 0.229. The van der Waals surface area contributed by atoms with E-state index >= 15 is 0 Å². The number of para-hydroxylation sites is 1. The van der Waals surface area contributed by atoms with E-state index in [1.807, 2.05) is 44.3 Å². The van der Waals surface area contributed by atoms with Crippen molar-refractivity contribution in [3.05, 3.63) is 46.4 Å². The summed E-state index contributed by atoms with van der Waals surface area (Å²) in [4.78, 5) is 13.2. The Kier molecular flexibility index (Phi) is 5.02. The summed E-state index contributed by atoms with van der Waals surface area (Å²) in [5.41, 5.74) is 1.24. The minimum atomic E-state index is -0.634. The molecule has 1 fully saturated rings. The summed E-state index contributed by atoms with van der Waals surface area (Å²) in [6.07, 6.45) is 1.49. The van der Waals surface area contributed by atoms with Crippen LogP contribution in [-0.2, 0) is 7.05 Å². The maximum Gasteiger partial charge on any atom is 0.297 e. The predicted octanol–water partition coefficient (Wildman–Crippen LogP) is 1.61. The van der Waals surface area contributed by atoms with E-state index in [4.69, 9.17) is 0 Å². The van der Waals surface area contributed by atoms with E-state index in [1.54, 1.807) is 9.36 Å². The van der Waals surface area contributed by atoms with Crippen LogP contribution in [0.3, 0.4) is 0 Å². The van der Waals surface area contributed by atoms with Gasteiger partial charge in [0.25, 0.3) is 5.56 Å². The molecule has 0 saturated heterocycles. The molecule has 9 nitrogen and oxygen atoms in total. The summed E-state index contributed by atoms with van der Waals surface area (Å²) in [5.74, 6) is 0.350. The van der Waals surface area contributed by atoms with E-state index in [9.17, 15) is 15.2 Å². The van der Waals surface area contributed by atoms with Gasteiger partial charge in [0.05, 0.1) is 29.0 Å². The molecule has 0 amide bonds. The highest BCUT2D eigenvalue weighted by Gasteiger charge is 2.44. The molecule has 0 aliphatic heterocycles. The number of aromatic nitrogens is 6. The molecule has 3 aromatic rings. The van der Waals surface area contributed by atoms with E-state index in [0.29, 0.717) is 23.0 Å². The molecular formula is C19H21N7O2S. The number of nitriles is 1. The van der Waals surface area contributed by atoms with Gasteiger partial charge in [-0.1, -0.05) is 30.0 Å². The molecule has 1 saturated carbocycles. The lowest BCUT2D eigenvalue weighted by atomic mass is 10.0. The summed E-state index contributed by atoms with van der Waals surface area (Å²) in [5, 5.41) is 31.7. The molecule has 1 N–H and O–H groups in total. The second-order valence-electron chi connectivity index (χ2n) is 7.34. The normalized spacial score (nSPS) is 15.8. The van der Waals surface area contributed by atoms with Gasteiger partial charge < -0.3 is 5.11 Å². The van der Waals surface area contributed by atoms with Crippen LogP contribution in [0.15, 0.2) is 40.3 Å². The van der Waals surface area contributed by atoms with Crippen LogP contribution in [0.5, 0.6) is 0 Å². The first-order chi connectivity index (χ1) is 14.0. The lowest BCUT2D eigenvalue weighted by molar-refractivity contribution is 0.171. The first-order valence-electron chi connectivity index (χ1n) is 9.31. The highest BCUT2D eigenvalue weighted by molar-refractivity contribution is 7.99. The third kappa shape index (κ3) is 3.59. The summed E-state index contributed by atoms with van der Waals surface area (Å²) in [6, 6.07) is 11.7. The van der Waals surface area contributed by atoms with Crippen LogP contribution in [-0.4, -0.2) is 46.5 Å². The molecule has 2 aromatic heterocycles. The minimum Gasteiger partial charge on any atom is -0.392 e. The Morgan fingerprint density at radius 1 is 1.34 bits per heavy atom. The quantitative estimate of drug-likeness (QED) is 0.587. The summed E-state index contributed by atoms with van der Waals surface area (Å²) in [7, 11) is 1.81. The third-order valence-corrected chi connectivity index (χ3v) is 6.36. The lowest BCUT2D eigenvalue weighted by Crippen LogP contribution is -2.22. The predicted molar refractivity (Wildman–Crippen MR) is 107 cm³/mol. The Hall–Kier alpha value is -2.90. The van der Waals surface area contributed by atoms with E-state index < -0.39 is 6.10 Å². The fourth-order valence-corrected chi connectivity index (χ4v) is 4.20. The van der Waals surface area contributed by atoms with Crippen molar-refractivity contribution >= 4 is 11.8 Å². The number of tetrazole rings is 1. The second-order valence-corrected chi connectivity index (χ2v) is 8.33. The van der Waals surface area contributed by atoms with Gasteiger partial charge in [-0.25, -0.2) is 4.68 Å². The zero-order valence-electron chi connectivity index (χ0n) is 16.2. The molecule has 1 aromatic carbocycles. The van der Waals surface area contributed by atoms with Gasteiger partial charge >= 0.3 is 0 Å². The van der Waals surface area contributed by atoms with Crippen LogP contribution in [0.2, 0.25) is 0 Å². The largest absolute Gasteiger partial charge is 0.392 e. The van der Waals surface area contributed by atoms with Crippen molar-refractivity contribution in [2.45, 2.75) is 37.4 Å². The van der Waals surface area contributed by atoms with Crippen molar-refractivity contribution in [3.8, 4) is 17.4 Å². The van der Waals surface area contributed by atoms with Crippen LogP contribution in [0.25, 0.3) is 11.4 Å². The Morgan fingerprint density at radius 2 is 2.07 bits per heavy atom. The average molecular weight is 411 g/mol. The van der Waals surface area contributed by atoms with Gasteiger partial charge in [-0.2, -0.15) is 9.94 Å². The smallest absolute Gasteiger partial charge is 0.297 e. The Bertz CT molecular complexity index is 1120. The highest BCUT2D eigenvalue weighted by atomic mass is 32.2. The van der Waals surface area contributed by atoms with Gasteiger partial charge in [0, 0.05) is 12.8 Å². The molecule has 0 spiro atoms. The Labute approximate surface area is 171 Å². The zero-order chi connectivity index (χ0) is 20.6. The molecule has 4 rings (SSSR count). The molecule has 0 radical (unpaired) electrons. The van der Waals surface area contributed by atoms with Crippen molar-refractivity contribution in [2.75, 3.05) is 5.75 Å². The van der Waals surface area contributed by atoms with Gasteiger partial charge in [-0.15, -0.1) is 5.10 Å².